The Morgan fingerprint density at radius 1 is 1.02 bits per heavy atom. The normalized spacial score (nSPS) is 11.7. The minimum absolute atomic E-state index is 0.167. The first-order valence-electron chi connectivity index (χ1n) is 12.0. The summed E-state index contributed by atoms with van der Waals surface area (Å²) < 4.78 is 67.9. The fraction of sp³-hybridized carbons (Fsp3) is 0.192. The molecule has 2 aromatic heterocycles. The lowest BCUT2D eigenvalue weighted by molar-refractivity contribution is -0.141. The van der Waals surface area contributed by atoms with Crippen LogP contribution in [0.4, 0.5) is 23.7 Å². The van der Waals surface area contributed by atoms with Gasteiger partial charge >= 0.3 is 12.2 Å². The van der Waals surface area contributed by atoms with Crippen LogP contribution >= 0.6 is 11.3 Å². The number of amides is 3. The van der Waals surface area contributed by atoms with E-state index in [1.54, 1.807) is 17.5 Å². The Morgan fingerprint density at radius 3 is 2.33 bits per heavy atom. The van der Waals surface area contributed by atoms with Gasteiger partial charge in [-0.3, -0.25) is 4.79 Å². The second-order valence-electron chi connectivity index (χ2n) is 8.54. The number of unbranched alkanes of at least 4 members (excludes halogenated alkanes) is 1. The highest BCUT2D eigenvalue weighted by Crippen LogP contribution is 2.34. The number of carbonyl (C=O) groups excluding carboxylic acids is 2. The number of hydrogen-bond acceptors (Lipinski definition) is 6. The van der Waals surface area contributed by atoms with Crippen LogP contribution in [0.25, 0.3) is 16.3 Å². The zero-order valence-corrected chi connectivity index (χ0v) is 22.7. The van der Waals surface area contributed by atoms with Crippen LogP contribution in [0.15, 0.2) is 77.0 Å². The maximum Gasteiger partial charge on any atom is 0.435 e. The molecule has 0 bridgehead atoms. The molecule has 3 N–H and O–H groups in total. The zero-order valence-electron chi connectivity index (χ0n) is 21.0. The molecule has 0 spiro atoms. The van der Waals surface area contributed by atoms with Crippen LogP contribution in [-0.4, -0.2) is 36.7 Å². The van der Waals surface area contributed by atoms with Gasteiger partial charge in [0.15, 0.2) is 5.69 Å². The van der Waals surface area contributed by atoms with Crippen LogP contribution in [-0.2, 0) is 16.2 Å². The van der Waals surface area contributed by atoms with Crippen molar-refractivity contribution in [1.29, 1.82) is 0 Å². The number of carbonyl (C=O) groups is 2. The smallest absolute Gasteiger partial charge is 0.337 e. The average molecular weight is 592 g/mol. The van der Waals surface area contributed by atoms with Crippen molar-refractivity contribution in [2.75, 3.05) is 11.9 Å². The number of halogens is 3. The Hall–Kier alpha value is -4.17. The van der Waals surface area contributed by atoms with E-state index in [2.05, 4.69) is 15.7 Å². The van der Waals surface area contributed by atoms with E-state index >= 15 is 0 Å². The quantitative estimate of drug-likeness (QED) is 0.217. The number of alkyl halides is 3. The van der Waals surface area contributed by atoms with E-state index in [1.807, 2.05) is 11.6 Å². The van der Waals surface area contributed by atoms with E-state index in [-0.39, 0.29) is 16.2 Å². The van der Waals surface area contributed by atoms with Gasteiger partial charge in [0.2, 0.25) is 0 Å². The van der Waals surface area contributed by atoms with Crippen LogP contribution in [0.3, 0.4) is 0 Å². The van der Waals surface area contributed by atoms with Crippen LogP contribution in [0.2, 0.25) is 0 Å². The van der Waals surface area contributed by atoms with E-state index < -0.39 is 33.8 Å². The lowest BCUT2D eigenvalue weighted by Gasteiger charge is -2.10. The van der Waals surface area contributed by atoms with Crippen molar-refractivity contribution < 1.29 is 31.2 Å². The van der Waals surface area contributed by atoms with Crippen molar-refractivity contribution in [1.82, 2.24) is 19.8 Å². The number of nitrogens with zero attached hydrogens (tertiary/aromatic N) is 2. The summed E-state index contributed by atoms with van der Waals surface area (Å²) in [6.45, 7) is 2.28. The van der Waals surface area contributed by atoms with Gasteiger partial charge in [-0.05, 0) is 72.5 Å². The van der Waals surface area contributed by atoms with Gasteiger partial charge in [0, 0.05) is 17.8 Å². The molecule has 0 aliphatic rings. The van der Waals surface area contributed by atoms with Crippen molar-refractivity contribution in [2.45, 2.75) is 30.8 Å². The average Bonchev–Trinajstić information content (AvgIpc) is 3.59. The minimum atomic E-state index is -4.62. The highest BCUT2D eigenvalue weighted by Gasteiger charge is 2.35. The molecule has 210 valence electrons. The minimum Gasteiger partial charge on any atom is -0.337 e. The number of urea groups is 1. The third kappa shape index (κ3) is 6.87. The molecule has 40 heavy (non-hydrogen) atoms. The summed E-state index contributed by atoms with van der Waals surface area (Å²) in [5.41, 5.74) is 0.0725. The molecular formula is C26H24F3N5O4S2. The van der Waals surface area contributed by atoms with Crippen LogP contribution in [0.1, 0.15) is 35.8 Å². The molecule has 0 saturated heterocycles. The maximum atomic E-state index is 13.3. The highest BCUT2D eigenvalue weighted by molar-refractivity contribution is 7.90. The SMILES string of the molecule is CCCCNC(=O)NS(=O)(=O)c1ccc(NC(=O)c2ccc(-n3nc(C(F)(F)F)cc3-c3cccs3)cc2)cc1. The van der Waals surface area contributed by atoms with Gasteiger partial charge in [0.1, 0.15) is 0 Å². The molecule has 0 unspecified atom stereocenters. The molecule has 0 atom stereocenters. The number of thiophene rings is 1. The maximum absolute atomic E-state index is 13.3. The first-order valence-corrected chi connectivity index (χ1v) is 14.4. The first kappa shape index (κ1) is 28.8. The van der Waals surface area contributed by atoms with Crippen molar-refractivity contribution in [3.8, 4) is 16.3 Å². The summed E-state index contributed by atoms with van der Waals surface area (Å²) in [5, 5.41) is 10.6. The number of sulfonamides is 1. The van der Waals surface area contributed by atoms with Gasteiger partial charge in [-0.25, -0.2) is 22.6 Å². The van der Waals surface area contributed by atoms with Gasteiger partial charge in [-0.1, -0.05) is 19.4 Å². The third-order valence-corrected chi connectivity index (χ3v) is 7.85. The Morgan fingerprint density at radius 2 is 1.73 bits per heavy atom. The molecule has 9 nitrogen and oxygen atoms in total. The van der Waals surface area contributed by atoms with Crippen molar-refractivity contribution in [2.24, 2.45) is 0 Å². The van der Waals surface area contributed by atoms with Crippen molar-refractivity contribution in [3.63, 3.8) is 0 Å². The number of hydrogen-bond donors (Lipinski definition) is 3. The number of benzene rings is 2. The molecule has 4 rings (SSSR count). The molecular weight excluding hydrogens is 567 g/mol. The fourth-order valence-electron chi connectivity index (χ4n) is 3.59. The lowest BCUT2D eigenvalue weighted by Crippen LogP contribution is -2.39. The second kappa shape index (κ2) is 11.9. The summed E-state index contributed by atoms with van der Waals surface area (Å²) in [4.78, 5) is 25.0. The first-order chi connectivity index (χ1) is 19.0. The molecule has 0 aliphatic heterocycles. The van der Waals surface area contributed by atoms with Gasteiger partial charge in [-0.15, -0.1) is 11.3 Å². The Kier molecular flexibility index (Phi) is 8.59. The van der Waals surface area contributed by atoms with Crippen molar-refractivity contribution >= 4 is 39.0 Å². The molecule has 2 heterocycles. The largest absolute Gasteiger partial charge is 0.435 e. The van der Waals surface area contributed by atoms with Crippen LogP contribution < -0.4 is 15.4 Å². The van der Waals surface area contributed by atoms with Crippen LogP contribution in [0, 0.1) is 0 Å². The van der Waals surface area contributed by atoms with E-state index in [1.165, 1.54) is 64.5 Å². The van der Waals surface area contributed by atoms with Crippen molar-refractivity contribution in [3.05, 3.63) is 83.4 Å². The lowest BCUT2D eigenvalue weighted by atomic mass is 10.2. The van der Waals surface area contributed by atoms with E-state index in [4.69, 9.17) is 0 Å². The monoisotopic (exact) mass is 591 g/mol. The molecule has 2 aromatic carbocycles. The van der Waals surface area contributed by atoms with Gasteiger partial charge < -0.3 is 10.6 Å². The highest BCUT2D eigenvalue weighted by atomic mass is 32.2. The number of nitrogens with one attached hydrogen (secondary N) is 3. The predicted molar refractivity (Wildman–Crippen MR) is 145 cm³/mol. The summed E-state index contributed by atoms with van der Waals surface area (Å²) in [7, 11) is -4.11. The third-order valence-electron chi connectivity index (χ3n) is 5.61. The number of anilines is 1. The Bertz CT molecular complexity index is 1580. The summed E-state index contributed by atoms with van der Waals surface area (Å²) in [5.74, 6) is -0.523. The van der Waals surface area contributed by atoms with Gasteiger partial charge in [-0.2, -0.15) is 18.3 Å². The predicted octanol–water partition coefficient (Wildman–Crippen LogP) is 5.66. The van der Waals surface area contributed by atoms with Gasteiger partial charge in [0.05, 0.1) is 21.2 Å². The van der Waals surface area contributed by atoms with E-state index in [9.17, 15) is 31.2 Å². The Labute approximate surface area is 232 Å². The molecule has 3 amide bonds. The van der Waals surface area contributed by atoms with E-state index in [0.717, 1.165) is 12.5 Å². The summed E-state index contributed by atoms with van der Waals surface area (Å²) in [6, 6.07) is 14.6. The van der Waals surface area contributed by atoms with E-state index in [0.29, 0.717) is 29.2 Å². The molecule has 0 fully saturated rings. The topological polar surface area (TPSA) is 122 Å². The Balaban J connectivity index is 1.45. The summed E-state index contributed by atoms with van der Waals surface area (Å²) >= 11 is 1.27. The van der Waals surface area contributed by atoms with Crippen LogP contribution in [0.5, 0.6) is 0 Å². The molecule has 14 heteroatoms. The van der Waals surface area contributed by atoms with Gasteiger partial charge in [0.25, 0.3) is 15.9 Å². The number of rotatable bonds is 9. The molecule has 0 aliphatic carbocycles. The number of aromatic nitrogens is 2. The standard InChI is InChI=1S/C26H24F3N5O4S2/c1-2-3-14-30-25(36)33-40(37,38)20-12-8-18(9-13-20)31-24(35)17-6-10-19(11-7-17)34-21(22-5-4-15-39-22)16-23(32-34)26(27,28)29/h4-13,15-16H,2-3,14H2,1H3,(H,31,35)(H2,30,33,36). The molecule has 0 radical (unpaired) electrons. The molecule has 4 aromatic rings. The summed E-state index contributed by atoms with van der Waals surface area (Å²) in [6.07, 6.45) is -3.07. The fourth-order valence-corrected chi connectivity index (χ4v) is 5.24. The zero-order chi connectivity index (χ0) is 28.9. The molecule has 0 saturated carbocycles. The second-order valence-corrected chi connectivity index (χ2v) is 11.2.